The number of hydrogen-bond donors (Lipinski definition) is 1. The Morgan fingerprint density at radius 3 is 2.36 bits per heavy atom. The van der Waals surface area contributed by atoms with E-state index in [-0.39, 0.29) is 5.91 Å². The highest BCUT2D eigenvalue weighted by atomic mass is 16.5. The zero-order valence-electron chi connectivity index (χ0n) is 15.3. The van der Waals surface area contributed by atoms with Gasteiger partial charge in [-0.1, -0.05) is 24.3 Å². The molecule has 0 aromatic heterocycles. The minimum Gasteiger partial charge on any atom is -0.493 e. The van der Waals surface area contributed by atoms with Gasteiger partial charge in [0.2, 0.25) is 5.91 Å². The van der Waals surface area contributed by atoms with Gasteiger partial charge in [0.05, 0.1) is 14.2 Å². The first-order valence-corrected chi connectivity index (χ1v) is 8.28. The molecule has 134 valence electrons. The smallest absolute Gasteiger partial charge is 0.220 e. The van der Waals surface area contributed by atoms with Crippen molar-refractivity contribution in [3.8, 4) is 11.5 Å². The van der Waals surface area contributed by atoms with E-state index in [4.69, 9.17) is 9.47 Å². The number of benzene rings is 2. The van der Waals surface area contributed by atoms with Crippen molar-refractivity contribution in [2.45, 2.75) is 19.4 Å². The van der Waals surface area contributed by atoms with Gasteiger partial charge >= 0.3 is 0 Å². The molecule has 5 heteroatoms. The first-order chi connectivity index (χ1) is 12.0. The number of anilines is 1. The molecule has 2 rings (SSSR count). The summed E-state index contributed by atoms with van der Waals surface area (Å²) in [5.74, 6) is 1.39. The number of para-hydroxylation sites is 1. The van der Waals surface area contributed by atoms with Crippen molar-refractivity contribution in [1.29, 1.82) is 0 Å². The number of carbonyl (C=O) groups excluding carboxylic acids is 1. The number of methoxy groups -OCH3 is 2. The second-order valence-electron chi connectivity index (χ2n) is 5.99. The zero-order valence-corrected chi connectivity index (χ0v) is 15.3. The highest BCUT2D eigenvalue weighted by molar-refractivity contribution is 5.76. The van der Waals surface area contributed by atoms with Gasteiger partial charge in [0, 0.05) is 32.7 Å². The minimum absolute atomic E-state index is 0.0153. The van der Waals surface area contributed by atoms with E-state index < -0.39 is 0 Å². The van der Waals surface area contributed by atoms with E-state index in [1.165, 1.54) is 0 Å². The van der Waals surface area contributed by atoms with Crippen molar-refractivity contribution in [3.63, 3.8) is 0 Å². The van der Waals surface area contributed by atoms with Gasteiger partial charge in [0.1, 0.15) is 0 Å². The Labute approximate surface area is 149 Å². The third-order valence-electron chi connectivity index (χ3n) is 4.05. The second kappa shape index (κ2) is 8.97. The van der Waals surface area contributed by atoms with Crippen molar-refractivity contribution >= 4 is 11.6 Å². The number of ether oxygens (including phenoxy) is 2. The van der Waals surface area contributed by atoms with E-state index in [1.54, 1.807) is 14.2 Å². The summed E-state index contributed by atoms with van der Waals surface area (Å²) >= 11 is 0. The van der Waals surface area contributed by atoms with Crippen LogP contribution in [-0.4, -0.2) is 34.2 Å². The van der Waals surface area contributed by atoms with E-state index in [0.29, 0.717) is 30.9 Å². The fraction of sp³-hybridized carbons (Fsp3) is 0.350. The van der Waals surface area contributed by atoms with Gasteiger partial charge in [-0.15, -0.1) is 0 Å². The number of nitrogens with zero attached hydrogens (tertiary/aromatic N) is 1. The average molecular weight is 342 g/mol. The van der Waals surface area contributed by atoms with Crippen LogP contribution in [-0.2, 0) is 17.8 Å². The molecule has 2 aromatic rings. The molecule has 0 saturated carbocycles. The summed E-state index contributed by atoms with van der Waals surface area (Å²) in [6.07, 6.45) is 1.01. The Kier molecular flexibility index (Phi) is 6.69. The minimum atomic E-state index is 0.0153. The standard InChI is InChI=1S/C20H26N2O3/c1-22(2)17-11-8-15(9-12-17)14-21-19(23)13-10-16-6-5-7-18(24-3)20(16)25-4/h5-9,11-12H,10,13-14H2,1-4H3,(H,21,23). The van der Waals surface area contributed by atoms with E-state index in [0.717, 1.165) is 16.8 Å². The second-order valence-corrected chi connectivity index (χ2v) is 5.99. The van der Waals surface area contributed by atoms with Gasteiger partial charge in [-0.25, -0.2) is 0 Å². The highest BCUT2D eigenvalue weighted by Crippen LogP contribution is 2.31. The van der Waals surface area contributed by atoms with E-state index in [2.05, 4.69) is 5.32 Å². The third kappa shape index (κ3) is 5.14. The number of amides is 1. The maximum atomic E-state index is 12.1. The fourth-order valence-electron chi connectivity index (χ4n) is 2.60. The summed E-state index contributed by atoms with van der Waals surface area (Å²) in [6, 6.07) is 13.8. The zero-order chi connectivity index (χ0) is 18.2. The summed E-state index contributed by atoms with van der Waals surface area (Å²) in [5, 5.41) is 2.96. The maximum Gasteiger partial charge on any atom is 0.220 e. The van der Waals surface area contributed by atoms with Crippen LogP contribution in [0.25, 0.3) is 0 Å². The first kappa shape index (κ1) is 18.6. The predicted octanol–water partition coefficient (Wildman–Crippen LogP) is 3.02. The normalized spacial score (nSPS) is 10.2. The van der Waals surface area contributed by atoms with Crippen LogP contribution in [0.2, 0.25) is 0 Å². The average Bonchev–Trinajstić information content (AvgIpc) is 2.64. The predicted molar refractivity (Wildman–Crippen MR) is 100 cm³/mol. The number of carbonyl (C=O) groups is 1. The third-order valence-corrected chi connectivity index (χ3v) is 4.05. The monoisotopic (exact) mass is 342 g/mol. The van der Waals surface area contributed by atoms with Gasteiger partial charge in [0.15, 0.2) is 11.5 Å². The van der Waals surface area contributed by atoms with Crippen molar-refractivity contribution in [1.82, 2.24) is 5.32 Å². The molecule has 0 unspecified atom stereocenters. The van der Waals surface area contributed by atoms with Crippen LogP contribution in [0.1, 0.15) is 17.5 Å². The van der Waals surface area contributed by atoms with Crippen LogP contribution in [0.5, 0.6) is 11.5 Å². The Bertz CT molecular complexity index is 697. The summed E-state index contributed by atoms with van der Waals surface area (Å²) in [5.41, 5.74) is 3.19. The lowest BCUT2D eigenvalue weighted by Gasteiger charge is -2.13. The molecule has 0 aliphatic rings. The van der Waals surface area contributed by atoms with Crippen LogP contribution in [0.3, 0.4) is 0 Å². The topological polar surface area (TPSA) is 50.8 Å². The SMILES string of the molecule is COc1cccc(CCC(=O)NCc2ccc(N(C)C)cc2)c1OC. The fourth-order valence-corrected chi connectivity index (χ4v) is 2.60. The molecule has 5 nitrogen and oxygen atoms in total. The molecular weight excluding hydrogens is 316 g/mol. The Balaban J connectivity index is 1.87. The van der Waals surface area contributed by atoms with Crippen LogP contribution >= 0.6 is 0 Å². The molecule has 0 bridgehead atoms. The van der Waals surface area contributed by atoms with Crippen LogP contribution in [0, 0.1) is 0 Å². The Morgan fingerprint density at radius 2 is 1.76 bits per heavy atom. The lowest BCUT2D eigenvalue weighted by Crippen LogP contribution is -2.23. The molecule has 0 atom stereocenters. The summed E-state index contributed by atoms with van der Waals surface area (Å²) in [6.45, 7) is 0.530. The van der Waals surface area contributed by atoms with Crippen molar-refractivity contribution < 1.29 is 14.3 Å². The first-order valence-electron chi connectivity index (χ1n) is 8.28. The van der Waals surface area contributed by atoms with Crippen molar-refractivity contribution in [2.75, 3.05) is 33.2 Å². The molecule has 0 aliphatic heterocycles. The molecule has 0 saturated heterocycles. The molecule has 1 N–H and O–H groups in total. The van der Waals surface area contributed by atoms with Crippen LogP contribution < -0.4 is 19.7 Å². The molecule has 0 aliphatic carbocycles. The van der Waals surface area contributed by atoms with E-state index in [1.807, 2.05) is 61.5 Å². The number of rotatable bonds is 8. The molecule has 0 fully saturated rings. The number of nitrogens with one attached hydrogen (secondary N) is 1. The van der Waals surface area contributed by atoms with Crippen molar-refractivity contribution in [3.05, 3.63) is 53.6 Å². The van der Waals surface area contributed by atoms with Crippen molar-refractivity contribution in [2.24, 2.45) is 0 Å². The van der Waals surface area contributed by atoms with Gasteiger partial charge in [-0.2, -0.15) is 0 Å². The summed E-state index contributed by atoms with van der Waals surface area (Å²) in [7, 11) is 7.22. The highest BCUT2D eigenvalue weighted by Gasteiger charge is 2.11. The molecular formula is C20H26N2O3. The molecule has 25 heavy (non-hydrogen) atoms. The number of hydrogen-bond acceptors (Lipinski definition) is 4. The molecule has 0 spiro atoms. The molecule has 1 amide bonds. The van der Waals surface area contributed by atoms with Gasteiger partial charge < -0.3 is 19.7 Å². The van der Waals surface area contributed by atoms with Crippen LogP contribution in [0.4, 0.5) is 5.69 Å². The summed E-state index contributed by atoms with van der Waals surface area (Å²) < 4.78 is 10.7. The van der Waals surface area contributed by atoms with Gasteiger partial charge in [0.25, 0.3) is 0 Å². The quantitative estimate of drug-likeness (QED) is 0.801. The maximum absolute atomic E-state index is 12.1. The largest absolute Gasteiger partial charge is 0.493 e. The Hall–Kier alpha value is -2.69. The van der Waals surface area contributed by atoms with E-state index in [9.17, 15) is 4.79 Å². The van der Waals surface area contributed by atoms with Gasteiger partial charge in [-0.3, -0.25) is 4.79 Å². The van der Waals surface area contributed by atoms with Gasteiger partial charge in [-0.05, 0) is 35.7 Å². The molecule has 0 heterocycles. The number of aryl methyl sites for hydroxylation is 1. The summed E-state index contributed by atoms with van der Waals surface area (Å²) in [4.78, 5) is 14.2. The lowest BCUT2D eigenvalue weighted by atomic mass is 10.1. The van der Waals surface area contributed by atoms with Crippen LogP contribution in [0.15, 0.2) is 42.5 Å². The molecule has 0 radical (unpaired) electrons. The molecule has 2 aromatic carbocycles. The Morgan fingerprint density at radius 1 is 1.04 bits per heavy atom. The lowest BCUT2D eigenvalue weighted by molar-refractivity contribution is -0.121. The van der Waals surface area contributed by atoms with E-state index >= 15 is 0 Å².